The summed E-state index contributed by atoms with van der Waals surface area (Å²) >= 11 is 0. The van der Waals surface area contributed by atoms with Gasteiger partial charge in [0.1, 0.15) is 6.04 Å². The van der Waals surface area contributed by atoms with Gasteiger partial charge >= 0.3 is 0 Å². The zero-order valence-electron chi connectivity index (χ0n) is 19.4. The van der Waals surface area contributed by atoms with Crippen LogP contribution in [-0.2, 0) is 4.79 Å². The van der Waals surface area contributed by atoms with Gasteiger partial charge in [-0.2, -0.15) is 0 Å². The molecule has 3 aromatic carbocycles. The Bertz CT molecular complexity index is 1340. The van der Waals surface area contributed by atoms with Gasteiger partial charge in [0.2, 0.25) is 5.91 Å². The van der Waals surface area contributed by atoms with Gasteiger partial charge in [0.05, 0.1) is 11.4 Å². The summed E-state index contributed by atoms with van der Waals surface area (Å²) in [6, 6.07) is 22.9. The van der Waals surface area contributed by atoms with E-state index in [0.29, 0.717) is 0 Å². The highest BCUT2D eigenvalue weighted by Crippen LogP contribution is 2.39. The molecule has 5 rings (SSSR count). The van der Waals surface area contributed by atoms with E-state index in [0.717, 1.165) is 39.3 Å². The maximum Gasteiger partial charge on any atom is 0.249 e. The van der Waals surface area contributed by atoms with Crippen LogP contribution < -0.4 is 15.1 Å². The zero-order chi connectivity index (χ0) is 23.1. The van der Waals surface area contributed by atoms with E-state index in [1.165, 1.54) is 5.39 Å². The minimum absolute atomic E-state index is 0.119. The molecule has 2 heterocycles. The molecule has 1 N–H and O–H groups in total. The summed E-state index contributed by atoms with van der Waals surface area (Å²) in [5.74, 6) is 0.119. The van der Waals surface area contributed by atoms with Gasteiger partial charge in [-0.25, -0.2) is 0 Å². The quantitative estimate of drug-likeness (QED) is 0.412. The summed E-state index contributed by atoms with van der Waals surface area (Å²) in [5.41, 5.74) is 6.23. The molecule has 1 amide bonds. The number of rotatable bonds is 4. The smallest absolute Gasteiger partial charge is 0.249 e. The van der Waals surface area contributed by atoms with Gasteiger partial charge in [-0.3, -0.25) is 9.78 Å². The molecular weight excluding hydrogens is 408 g/mol. The molecule has 33 heavy (non-hydrogen) atoms. The van der Waals surface area contributed by atoms with Crippen molar-refractivity contribution in [2.75, 3.05) is 22.2 Å². The molecular formula is C28H28N4O. The van der Waals surface area contributed by atoms with E-state index >= 15 is 0 Å². The molecule has 0 fully saturated rings. The van der Waals surface area contributed by atoms with Crippen molar-refractivity contribution in [2.45, 2.75) is 32.9 Å². The highest BCUT2D eigenvalue weighted by molar-refractivity contribution is 6.05. The fourth-order valence-electron chi connectivity index (χ4n) is 4.82. The Hall–Kier alpha value is -3.86. The number of pyridine rings is 1. The molecule has 0 radical (unpaired) electrons. The van der Waals surface area contributed by atoms with E-state index in [4.69, 9.17) is 0 Å². The Kier molecular flexibility index (Phi) is 5.25. The van der Waals surface area contributed by atoms with Gasteiger partial charge in [0.15, 0.2) is 0 Å². The maximum atomic E-state index is 12.7. The molecule has 0 bridgehead atoms. The number of carbonyl (C=O) groups is 1. The number of hydrogen-bond donors (Lipinski definition) is 1. The highest BCUT2D eigenvalue weighted by atomic mass is 16.2. The van der Waals surface area contributed by atoms with E-state index in [1.54, 1.807) is 4.90 Å². The van der Waals surface area contributed by atoms with Crippen LogP contribution in [0.4, 0.5) is 22.7 Å². The van der Waals surface area contributed by atoms with Crippen LogP contribution >= 0.6 is 0 Å². The van der Waals surface area contributed by atoms with Crippen molar-refractivity contribution in [2.24, 2.45) is 0 Å². The Balaban J connectivity index is 1.51. The van der Waals surface area contributed by atoms with Crippen LogP contribution in [0.15, 0.2) is 79.1 Å². The van der Waals surface area contributed by atoms with Gasteiger partial charge < -0.3 is 15.1 Å². The van der Waals surface area contributed by atoms with Crippen LogP contribution in [0.1, 0.15) is 20.8 Å². The predicted molar refractivity (Wildman–Crippen MR) is 137 cm³/mol. The van der Waals surface area contributed by atoms with Crippen LogP contribution in [0, 0.1) is 0 Å². The first-order valence-electron chi connectivity index (χ1n) is 11.3. The molecule has 1 aliphatic rings. The van der Waals surface area contributed by atoms with E-state index in [9.17, 15) is 4.79 Å². The molecule has 1 aliphatic heterocycles. The lowest BCUT2D eigenvalue weighted by Crippen LogP contribution is -2.53. The summed E-state index contributed by atoms with van der Waals surface area (Å²) < 4.78 is 0. The number of fused-ring (bicyclic) bond motifs is 2. The molecule has 5 heteroatoms. The molecule has 4 aromatic rings. The third-order valence-corrected chi connectivity index (χ3v) is 6.41. The van der Waals surface area contributed by atoms with Gasteiger partial charge in [-0.15, -0.1) is 0 Å². The summed E-state index contributed by atoms with van der Waals surface area (Å²) in [6.07, 6.45) is 3.83. The lowest BCUT2D eigenvalue weighted by Gasteiger charge is -2.42. The standard InChI is InChI=1S/C28H28N4O/c1-18(2)32-19(3)28(33)31(4)26-13-12-23(15-27(26)32)30-22-10-7-9-20(14-22)25-17-29-16-21-8-5-6-11-24(21)25/h5-19,30H,1-4H3/t19-/m1/s1. The molecule has 1 atom stereocenters. The Morgan fingerprint density at radius 3 is 2.52 bits per heavy atom. The van der Waals surface area contributed by atoms with Crippen molar-refractivity contribution in [3.05, 3.63) is 79.1 Å². The summed E-state index contributed by atoms with van der Waals surface area (Å²) in [5, 5.41) is 5.88. The van der Waals surface area contributed by atoms with E-state index in [2.05, 4.69) is 77.6 Å². The summed E-state index contributed by atoms with van der Waals surface area (Å²) in [4.78, 5) is 21.1. The zero-order valence-corrected chi connectivity index (χ0v) is 19.4. The molecule has 0 aliphatic carbocycles. The van der Waals surface area contributed by atoms with Crippen LogP contribution in [0.2, 0.25) is 0 Å². The van der Waals surface area contributed by atoms with Crippen molar-refractivity contribution >= 4 is 39.4 Å². The molecule has 0 spiro atoms. The second kappa shape index (κ2) is 8.24. The normalized spacial score (nSPS) is 15.8. The second-order valence-corrected chi connectivity index (χ2v) is 8.89. The number of aromatic nitrogens is 1. The first kappa shape index (κ1) is 21.0. The largest absolute Gasteiger partial charge is 0.356 e. The number of nitrogens with one attached hydrogen (secondary N) is 1. The first-order valence-corrected chi connectivity index (χ1v) is 11.3. The first-order chi connectivity index (χ1) is 15.9. The van der Waals surface area contributed by atoms with Crippen molar-refractivity contribution in [1.82, 2.24) is 4.98 Å². The number of anilines is 4. The third-order valence-electron chi connectivity index (χ3n) is 6.41. The minimum atomic E-state index is -0.195. The van der Waals surface area contributed by atoms with Crippen molar-refractivity contribution < 1.29 is 4.79 Å². The second-order valence-electron chi connectivity index (χ2n) is 8.89. The van der Waals surface area contributed by atoms with Crippen molar-refractivity contribution in [3.8, 4) is 11.1 Å². The predicted octanol–water partition coefficient (Wildman–Crippen LogP) is 6.23. The Morgan fingerprint density at radius 2 is 1.70 bits per heavy atom. The average molecular weight is 437 g/mol. The van der Waals surface area contributed by atoms with Gasteiger partial charge in [0.25, 0.3) is 0 Å². The number of amides is 1. The minimum Gasteiger partial charge on any atom is -0.356 e. The van der Waals surface area contributed by atoms with E-state index in [-0.39, 0.29) is 18.0 Å². The monoisotopic (exact) mass is 436 g/mol. The van der Waals surface area contributed by atoms with Crippen LogP contribution in [-0.4, -0.2) is 30.0 Å². The van der Waals surface area contributed by atoms with Crippen LogP contribution in [0.5, 0.6) is 0 Å². The third kappa shape index (κ3) is 3.69. The number of nitrogens with zero attached hydrogens (tertiary/aromatic N) is 3. The summed E-state index contributed by atoms with van der Waals surface area (Å²) in [7, 11) is 1.85. The number of hydrogen-bond acceptors (Lipinski definition) is 4. The Morgan fingerprint density at radius 1 is 0.909 bits per heavy atom. The fraction of sp³-hybridized carbons (Fsp3) is 0.214. The van der Waals surface area contributed by atoms with Gasteiger partial charge in [-0.05, 0) is 62.1 Å². The van der Waals surface area contributed by atoms with Crippen LogP contribution in [0.25, 0.3) is 21.9 Å². The number of carbonyl (C=O) groups excluding carboxylic acids is 1. The lowest BCUT2D eigenvalue weighted by atomic mass is 10.0. The van der Waals surface area contributed by atoms with E-state index in [1.807, 2.05) is 44.6 Å². The van der Waals surface area contributed by atoms with Gasteiger partial charge in [-0.1, -0.05) is 36.4 Å². The Labute approximate surface area is 194 Å². The van der Waals surface area contributed by atoms with Crippen molar-refractivity contribution in [3.63, 3.8) is 0 Å². The molecule has 0 saturated carbocycles. The maximum absolute atomic E-state index is 12.7. The number of benzene rings is 3. The van der Waals surface area contributed by atoms with Gasteiger partial charge in [0, 0.05) is 47.8 Å². The summed E-state index contributed by atoms with van der Waals surface area (Å²) in [6.45, 7) is 6.23. The highest BCUT2D eigenvalue weighted by Gasteiger charge is 2.34. The lowest BCUT2D eigenvalue weighted by molar-refractivity contribution is -0.119. The fourth-order valence-corrected chi connectivity index (χ4v) is 4.82. The molecule has 0 saturated heterocycles. The molecule has 0 unspecified atom stereocenters. The van der Waals surface area contributed by atoms with E-state index < -0.39 is 0 Å². The average Bonchev–Trinajstić information content (AvgIpc) is 2.82. The number of likely N-dealkylation sites (N-methyl/N-ethyl adjacent to an activating group) is 1. The SMILES string of the molecule is CC(C)N1c2cc(Nc3cccc(-c4cncc5ccccc45)c3)ccc2N(C)C(=O)[C@H]1C. The molecule has 166 valence electrons. The molecule has 5 nitrogen and oxygen atoms in total. The topological polar surface area (TPSA) is 48.5 Å². The van der Waals surface area contributed by atoms with Crippen molar-refractivity contribution in [1.29, 1.82) is 0 Å². The molecule has 1 aromatic heterocycles. The van der Waals surface area contributed by atoms with Crippen LogP contribution in [0.3, 0.4) is 0 Å².